The molecule has 1 unspecified atom stereocenters. The van der Waals surface area contributed by atoms with Crippen molar-refractivity contribution in [3.63, 3.8) is 0 Å². The third-order valence-corrected chi connectivity index (χ3v) is 6.18. The molecule has 2 aromatic carbocycles. The SMILES string of the molecule is Cc1cc2c(cc1C1COc3cc(O[C@@H]4O[C@H](CO)[C@@H](O)[C@H](O)[C@H]4O)ccc3C1=O)OCO2. The maximum Gasteiger partial charge on any atom is 0.231 e. The number of aryl methyl sites for hydroxylation is 1. The summed E-state index contributed by atoms with van der Waals surface area (Å²) in [6, 6.07) is 8.24. The maximum atomic E-state index is 13.2. The van der Waals surface area contributed by atoms with Crippen molar-refractivity contribution in [1.82, 2.24) is 0 Å². The third kappa shape index (κ3) is 3.79. The number of ketones is 1. The lowest BCUT2D eigenvalue weighted by Crippen LogP contribution is -2.60. The van der Waals surface area contributed by atoms with Gasteiger partial charge < -0.3 is 44.1 Å². The molecule has 10 nitrogen and oxygen atoms in total. The second kappa shape index (κ2) is 8.47. The molecular weight excluding hydrogens is 436 g/mol. The van der Waals surface area contributed by atoms with Crippen molar-refractivity contribution in [3.05, 3.63) is 47.0 Å². The van der Waals surface area contributed by atoms with E-state index in [1.165, 1.54) is 12.1 Å². The van der Waals surface area contributed by atoms with Gasteiger partial charge in [-0.25, -0.2) is 0 Å². The van der Waals surface area contributed by atoms with E-state index >= 15 is 0 Å². The molecule has 4 N–H and O–H groups in total. The molecule has 3 aliphatic rings. The van der Waals surface area contributed by atoms with Gasteiger partial charge >= 0.3 is 0 Å². The standard InChI is InChI=1S/C23H24O10/c1-10-4-16-17(31-9-30-16)6-13(10)14-8-29-15-5-11(2-3-12(15)19(14)25)32-23-22(28)21(27)20(26)18(7-24)33-23/h2-6,14,18,20-24,26-28H,7-9H2,1H3/t14?,18-,20-,21+,22-,23-/m1/s1. The van der Waals surface area contributed by atoms with Crippen molar-refractivity contribution in [3.8, 4) is 23.0 Å². The zero-order chi connectivity index (χ0) is 23.3. The van der Waals surface area contributed by atoms with Crippen LogP contribution in [0.4, 0.5) is 0 Å². The van der Waals surface area contributed by atoms with Crippen LogP contribution in [0.2, 0.25) is 0 Å². The number of carbonyl (C=O) groups is 1. The van der Waals surface area contributed by atoms with Crippen molar-refractivity contribution in [2.75, 3.05) is 20.0 Å². The Bertz CT molecular complexity index is 1070. The van der Waals surface area contributed by atoms with Gasteiger partial charge in [-0.2, -0.15) is 0 Å². The zero-order valence-electron chi connectivity index (χ0n) is 17.7. The number of aliphatic hydroxyl groups excluding tert-OH is 4. The van der Waals surface area contributed by atoms with Crippen molar-refractivity contribution in [1.29, 1.82) is 0 Å². The van der Waals surface area contributed by atoms with E-state index in [-0.39, 0.29) is 24.9 Å². The average Bonchev–Trinajstić information content (AvgIpc) is 3.26. The Labute approximate surface area is 188 Å². The lowest BCUT2D eigenvalue weighted by Gasteiger charge is -2.39. The van der Waals surface area contributed by atoms with E-state index in [9.17, 15) is 25.2 Å². The number of aliphatic hydroxyl groups is 4. The number of benzene rings is 2. The van der Waals surface area contributed by atoms with Gasteiger partial charge in [-0.15, -0.1) is 0 Å². The van der Waals surface area contributed by atoms with Crippen LogP contribution < -0.4 is 18.9 Å². The van der Waals surface area contributed by atoms with E-state index in [4.69, 9.17) is 23.7 Å². The molecular formula is C23H24O10. The van der Waals surface area contributed by atoms with Crippen LogP contribution in [0, 0.1) is 6.92 Å². The molecule has 6 atom stereocenters. The van der Waals surface area contributed by atoms with Gasteiger partial charge in [0.25, 0.3) is 0 Å². The van der Waals surface area contributed by atoms with Crippen LogP contribution in [0.15, 0.2) is 30.3 Å². The average molecular weight is 460 g/mol. The van der Waals surface area contributed by atoms with E-state index in [1.54, 1.807) is 6.07 Å². The molecule has 3 aliphatic heterocycles. The summed E-state index contributed by atoms with van der Waals surface area (Å²) in [7, 11) is 0. The Hall–Kier alpha value is -2.89. The monoisotopic (exact) mass is 460 g/mol. The summed E-state index contributed by atoms with van der Waals surface area (Å²) in [5.41, 5.74) is 2.08. The van der Waals surface area contributed by atoms with E-state index < -0.39 is 43.2 Å². The molecule has 10 heteroatoms. The molecule has 0 amide bonds. The van der Waals surface area contributed by atoms with E-state index in [0.717, 1.165) is 11.1 Å². The topological polar surface area (TPSA) is 144 Å². The van der Waals surface area contributed by atoms with Gasteiger partial charge in [0.2, 0.25) is 13.1 Å². The van der Waals surface area contributed by atoms with Crippen LogP contribution in [-0.2, 0) is 4.74 Å². The molecule has 3 heterocycles. The number of ether oxygens (including phenoxy) is 5. The predicted octanol–water partition coefficient (Wildman–Crippen LogP) is 0.261. The van der Waals surface area contributed by atoms with Crippen LogP contribution in [-0.4, -0.2) is 76.9 Å². The first-order valence-electron chi connectivity index (χ1n) is 10.6. The van der Waals surface area contributed by atoms with E-state index in [1.807, 2.05) is 19.1 Å². The number of hydrogen-bond acceptors (Lipinski definition) is 10. The molecule has 2 aromatic rings. The zero-order valence-corrected chi connectivity index (χ0v) is 17.7. The van der Waals surface area contributed by atoms with Crippen molar-refractivity contribution in [2.24, 2.45) is 0 Å². The van der Waals surface area contributed by atoms with Gasteiger partial charge in [-0.3, -0.25) is 4.79 Å². The largest absolute Gasteiger partial charge is 0.492 e. The second-order valence-corrected chi connectivity index (χ2v) is 8.26. The molecule has 0 saturated carbocycles. The molecule has 176 valence electrons. The molecule has 0 spiro atoms. The smallest absolute Gasteiger partial charge is 0.231 e. The summed E-state index contributed by atoms with van der Waals surface area (Å²) in [6.07, 6.45) is -7.00. The summed E-state index contributed by atoms with van der Waals surface area (Å²) in [6.45, 7) is 1.61. The predicted molar refractivity (Wildman–Crippen MR) is 111 cm³/mol. The first-order valence-corrected chi connectivity index (χ1v) is 10.6. The minimum absolute atomic E-state index is 0.113. The molecule has 5 rings (SSSR count). The fourth-order valence-electron chi connectivity index (χ4n) is 4.30. The molecule has 0 bridgehead atoms. The van der Waals surface area contributed by atoms with Gasteiger partial charge in [0.15, 0.2) is 17.3 Å². The Balaban J connectivity index is 1.35. The van der Waals surface area contributed by atoms with Gasteiger partial charge in [0, 0.05) is 6.07 Å². The molecule has 1 fully saturated rings. The highest BCUT2D eigenvalue weighted by Gasteiger charge is 2.45. The number of carbonyl (C=O) groups excluding carboxylic acids is 1. The van der Waals surface area contributed by atoms with Crippen molar-refractivity contribution in [2.45, 2.75) is 43.5 Å². The summed E-state index contributed by atoms with van der Waals surface area (Å²) < 4.78 is 27.7. The van der Waals surface area contributed by atoms with Gasteiger partial charge in [0.1, 0.15) is 42.5 Å². The quantitative estimate of drug-likeness (QED) is 0.502. The lowest BCUT2D eigenvalue weighted by atomic mass is 9.86. The minimum Gasteiger partial charge on any atom is -0.492 e. The maximum absolute atomic E-state index is 13.2. The third-order valence-electron chi connectivity index (χ3n) is 6.18. The molecule has 0 aliphatic carbocycles. The Kier molecular flexibility index (Phi) is 5.63. The highest BCUT2D eigenvalue weighted by molar-refractivity contribution is 6.04. The summed E-state index contributed by atoms with van der Waals surface area (Å²) in [5.74, 6) is 1.16. The van der Waals surface area contributed by atoms with Crippen molar-refractivity contribution >= 4 is 5.78 Å². The molecule has 0 radical (unpaired) electrons. The minimum atomic E-state index is -1.55. The highest BCUT2D eigenvalue weighted by Crippen LogP contribution is 2.41. The molecule has 1 saturated heterocycles. The summed E-state index contributed by atoms with van der Waals surface area (Å²) in [4.78, 5) is 13.2. The van der Waals surface area contributed by atoms with Gasteiger partial charge in [-0.1, -0.05) is 0 Å². The number of Topliss-reactive ketones (excluding diaryl/α,β-unsaturated/α-hetero) is 1. The Morgan fingerprint density at radius 1 is 0.970 bits per heavy atom. The van der Waals surface area contributed by atoms with Gasteiger partial charge in [0.05, 0.1) is 18.1 Å². The lowest BCUT2D eigenvalue weighted by molar-refractivity contribution is -0.277. The highest BCUT2D eigenvalue weighted by atomic mass is 16.7. The Morgan fingerprint density at radius 2 is 1.73 bits per heavy atom. The van der Waals surface area contributed by atoms with Crippen LogP contribution in [0.5, 0.6) is 23.0 Å². The first kappa shape index (κ1) is 21.9. The van der Waals surface area contributed by atoms with Crippen LogP contribution in [0.3, 0.4) is 0 Å². The fraction of sp³-hybridized carbons (Fsp3) is 0.435. The van der Waals surface area contributed by atoms with Gasteiger partial charge in [-0.05, 0) is 42.3 Å². The van der Waals surface area contributed by atoms with E-state index in [0.29, 0.717) is 22.8 Å². The van der Waals surface area contributed by atoms with Crippen LogP contribution in [0.25, 0.3) is 0 Å². The summed E-state index contributed by atoms with van der Waals surface area (Å²) >= 11 is 0. The number of rotatable bonds is 4. The fourth-order valence-corrected chi connectivity index (χ4v) is 4.30. The normalized spacial score (nSPS) is 30.5. The van der Waals surface area contributed by atoms with Crippen molar-refractivity contribution < 1.29 is 48.9 Å². The summed E-state index contributed by atoms with van der Waals surface area (Å²) in [5, 5.41) is 39.3. The molecule has 0 aromatic heterocycles. The second-order valence-electron chi connectivity index (χ2n) is 8.26. The van der Waals surface area contributed by atoms with Crippen LogP contribution >= 0.6 is 0 Å². The van der Waals surface area contributed by atoms with E-state index in [2.05, 4.69) is 0 Å². The van der Waals surface area contributed by atoms with Crippen LogP contribution in [0.1, 0.15) is 27.4 Å². The number of fused-ring (bicyclic) bond motifs is 2. The first-order chi connectivity index (χ1) is 15.9. The Morgan fingerprint density at radius 3 is 2.48 bits per heavy atom. The number of hydrogen-bond donors (Lipinski definition) is 4. The molecule has 33 heavy (non-hydrogen) atoms.